The number of ether oxygens (including phenoxy) is 2. The number of rotatable bonds is 11. The first kappa shape index (κ1) is 31.3. The topological polar surface area (TPSA) is 103 Å². The van der Waals surface area contributed by atoms with E-state index >= 15 is 0 Å². The normalized spacial score (nSPS) is 20.5. The van der Waals surface area contributed by atoms with Crippen LogP contribution in [0.3, 0.4) is 0 Å². The predicted octanol–water partition coefficient (Wildman–Crippen LogP) is 4.83. The van der Waals surface area contributed by atoms with E-state index in [2.05, 4.69) is 39.2 Å². The van der Waals surface area contributed by atoms with Crippen molar-refractivity contribution < 1.29 is 23.5 Å². The molecule has 1 aliphatic heterocycles. The number of nitrogens with one attached hydrogen (secondary N) is 1. The first-order valence-electron chi connectivity index (χ1n) is 13.3. The lowest BCUT2D eigenvalue weighted by molar-refractivity contribution is -0.126. The summed E-state index contributed by atoms with van der Waals surface area (Å²) in [7, 11) is -2.24. The van der Waals surface area contributed by atoms with E-state index in [4.69, 9.17) is 19.6 Å². The molecule has 1 fully saturated rings. The van der Waals surface area contributed by atoms with Crippen LogP contribution in [0.2, 0.25) is 18.1 Å². The average molecular weight is 536 g/mol. The van der Waals surface area contributed by atoms with Crippen LogP contribution in [0, 0.1) is 0 Å². The zero-order valence-electron chi connectivity index (χ0n) is 24.3. The van der Waals surface area contributed by atoms with Crippen molar-refractivity contribution in [1.29, 1.82) is 0 Å². The van der Waals surface area contributed by atoms with Crippen molar-refractivity contribution in [1.82, 2.24) is 10.2 Å². The van der Waals surface area contributed by atoms with Crippen LogP contribution in [0.5, 0.6) is 0 Å². The molecule has 9 heteroatoms. The van der Waals surface area contributed by atoms with Gasteiger partial charge in [0, 0.05) is 19.1 Å². The van der Waals surface area contributed by atoms with Crippen molar-refractivity contribution in [2.45, 2.75) is 109 Å². The number of hydrogen-bond donors (Lipinski definition) is 2. The van der Waals surface area contributed by atoms with Gasteiger partial charge in [-0.25, -0.2) is 4.79 Å². The Bertz CT molecular complexity index is 897. The van der Waals surface area contributed by atoms with Gasteiger partial charge in [0.1, 0.15) is 11.7 Å². The van der Waals surface area contributed by atoms with Gasteiger partial charge in [-0.15, -0.1) is 0 Å². The lowest BCUT2D eigenvalue weighted by atomic mass is 9.96. The molecule has 0 spiro atoms. The molecule has 3 N–H and O–H groups in total. The highest BCUT2D eigenvalue weighted by Crippen LogP contribution is 2.38. The van der Waals surface area contributed by atoms with Crippen LogP contribution in [0.15, 0.2) is 30.3 Å². The van der Waals surface area contributed by atoms with Gasteiger partial charge in [-0.2, -0.15) is 0 Å². The Morgan fingerprint density at radius 1 is 1.14 bits per heavy atom. The van der Waals surface area contributed by atoms with Gasteiger partial charge in [0.2, 0.25) is 5.91 Å². The lowest BCUT2D eigenvalue weighted by Gasteiger charge is -2.42. The third kappa shape index (κ3) is 8.80. The fourth-order valence-corrected chi connectivity index (χ4v) is 5.53. The summed E-state index contributed by atoms with van der Waals surface area (Å²) < 4.78 is 18.3. The van der Waals surface area contributed by atoms with Crippen LogP contribution in [0.25, 0.3) is 0 Å². The lowest BCUT2D eigenvalue weighted by Crippen LogP contribution is -2.61. The molecule has 0 aromatic heterocycles. The van der Waals surface area contributed by atoms with Gasteiger partial charge < -0.3 is 25.0 Å². The SMILES string of the molecule is C[C@H](NCC1(COCc2ccccc2)CCCN1C(=O)OC(C)(C)C)[C@@H](O[Si](C)(C)C(C)(C)C)C(N)=O. The molecule has 8 nitrogen and oxygen atoms in total. The second-order valence-corrected chi connectivity index (χ2v) is 17.6. The second-order valence-electron chi connectivity index (χ2n) is 12.8. The van der Waals surface area contributed by atoms with E-state index < -0.39 is 31.5 Å². The van der Waals surface area contributed by atoms with Crippen molar-refractivity contribution >= 4 is 20.3 Å². The molecular weight excluding hydrogens is 486 g/mol. The van der Waals surface area contributed by atoms with Crippen LogP contribution in [0.4, 0.5) is 4.79 Å². The number of carbonyl (C=O) groups excluding carboxylic acids is 2. The summed E-state index contributed by atoms with van der Waals surface area (Å²) in [5.74, 6) is -0.491. The van der Waals surface area contributed by atoms with Gasteiger partial charge in [0.15, 0.2) is 8.32 Å². The van der Waals surface area contributed by atoms with E-state index in [1.165, 1.54) is 0 Å². The summed E-state index contributed by atoms with van der Waals surface area (Å²) in [5.41, 5.74) is 5.64. The largest absolute Gasteiger partial charge is 0.444 e. The van der Waals surface area contributed by atoms with E-state index in [1.54, 1.807) is 4.90 Å². The van der Waals surface area contributed by atoms with Gasteiger partial charge in [-0.1, -0.05) is 51.1 Å². The number of nitrogens with two attached hydrogens (primary N) is 1. The molecule has 210 valence electrons. The third-order valence-electron chi connectivity index (χ3n) is 7.41. The molecular formula is C28H49N3O5Si. The van der Waals surface area contributed by atoms with Gasteiger partial charge in [-0.3, -0.25) is 9.69 Å². The Morgan fingerprint density at radius 2 is 1.76 bits per heavy atom. The van der Waals surface area contributed by atoms with Gasteiger partial charge in [0.25, 0.3) is 0 Å². The van der Waals surface area contributed by atoms with Crippen LogP contribution in [-0.4, -0.2) is 68.2 Å². The van der Waals surface area contributed by atoms with E-state index in [1.807, 2.05) is 58.0 Å². The summed E-state index contributed by atoms with van der Waals surface area (Å²) >= 11 is 0. The summed E-state index contributed by atoms with van der Waals surface area (Å²) in [4.78, 5) is 27.5. The van der Waals surface area contributed by atoms with Crippen molar-refractivity contribution in [3.8, 4) is 0 Å². The Morgan fingerprint density at radius 3 is 2.30 bits per heavy atom. The third-order valence-corrected chi connectivity index (χ3v) is 11.9. The molecule has 1 aromatic carbocycles. The number of likely N-dealkylation sites (tertiary alicyclic amines) is 1. The quantitative estimate of drug-likeness (QED) is 0.394. The summed E-state index contributed by atoms with van der Waals surface area (Å²) in [5, 5.41) is 3.42. The monoisotopic (exact) mass is 535 g/mol. The van der Waals surface area contributed by atoms with Crippen molar-refractivity contribution in [3.63, 3.8) is 0 Å². The number of benzene rings is 1. The average Bonchev–Trinajstić information content (AvgIpc) is 3.19. The van der Waals surface area contributed by atoms with Crippen LogP contribution < -0.4 is 11.1 Å². The molecule has 0 saturated carbocycles. The molecule has 1 saturated heterocycles. The summed E-state index contributed by atoms with van der Waals surface area (Å²) in [6.07, 6.45) is 0.459. The number of hydrogen-bond acceptors (Lipinski definition) is 6. The number of nitrogens with zero attached hydrogens (tertiary/aromatic N) is 1. The van der Waals surface area contributed by atoms with Gasteiger partial charge in [0.05, 0.1) is 18.8 Å². The molecule has 0 aliphatic carbocycles. The first-order valence-corrected chi connectivity index (χ1v) is 16.2. The molecule has 2 rings (SSSR count). The summed E-state index contributed by atoms with van der Waals surface area (Å²) in [6.45, 7) is 19.9. The standard InChI is InChI=1S/C28H49N3O5Si/c1-21(23(24(29)32)36-37(8,9)27(5,6)7)30-19-28(20-34-18-22-14-11-10-12-15-22)16-13-17-31(28)25(33)35-26(2,3)4/h10-12,14-15,21,23,30H,13,16-20H2,1-9H3,(H2,29,32)/t21-,23+,28?/m0/s1. The maximum Gasteiger partial charge on any atom is 0.410 e. The molecule has 2 amide bonds. The minimum Gasteiger partial charge on any atom is -0.444 e. The molecule has 1 aromatic rings. The Balaban J connectivity index is 2.22. The number of carbonyl (C=O) groups is 2. The van der Waals surface area contributed by atoms with Crippen LogP contribution >= 0.6 is 0 Å². The number of amides is 2. The minimum absolute atomic E-state index is 0.0636. The molecule has 37 heavy (non-hydrogen) atoms. The van der Waals surface area contributed by atoms with Crippen molar-refractivity contribution in [2.75, 3.05) is 19.7 Å². The fraction of sp³-hybridized carbons (Fsp3) is 0.714. The number of primary amides is 1. The van der Waals surface area contributed by atoms with Crippen molar-refractivity contribution in [3.05, 3.63) is 35.9 Å². The van der Waals surface area contributed by atoms with Gasteiger partial charge in [-0.05, 0) is 64.2 Å². The predicted molar refractivity (Wildman–Crippen MR) is 150 cm³/mol. The highest BCUT2D eigenvalue weighted by Gasteiger charge is 2.47. The van der Waals surface area contributed by atoms with E-state index in [0.717, 1.165) is 18.4 Å². The highest BCUT2D eigenvalue weighted by molar-refractivity contribution is 6.74. The van der Waals surface area contributed by atoms with E-state index in [-0.39, 0.29) is 17.2 Å². The van der Waals surface area contributed by atoms with Crippen LogP contribution in [-0.2, 0) is 25.3 Å². The molecule has 1 aliphatic rings. The smallest absolute Gasteiger partial charge is 0.410 e. The fourth-order valence-electron chi connectivity index (χ4n) is 4.22. The molecule has 1 heterocycles. The second kappa shape index (κ2) is 12.3. The Labute approximate surface area is 224 Å². The molecule has 0 bridgehead atoms. The zero-order chi connectivity index (χ0) is 28.1. The summed E-state index contributed by atoms with van der Waals surface area (Å²) in [6, 6.07) is 9.61. The van der Waals surface area contributed by atoms with E-state index in [9.17, 15) is 9.59 Å². The van der Waals surface area contributed by atoms with E-state index in [0.29, 0.717) is 26.3 Å². The maximum absolute atomic E-state index is 13.2. The zero-order valence-corrected chi connectivity index (χ0v) is 25.3. The Kier molecular flexibility index (Phi) is 10.4. The van der Waals surface area contributed by atoms with Crippen molar-refractivity contribution in [2.24, 2.45) is 5.73 Å². The van der Waals surface area contributed by atoms with Gasteiger partial charge >= 0.3 is 6.09 Å². The molecule has 1 unspecified atom stereocenters. The van der Waals surface area contributed by atoms with Crippen LogP contribution in [0.1, 0.15) is 66.9 Å². The maximum atomic E-state index is 13.2. The highest BCUT2D eigenvalue weighted by atomic mass is 28.4. The minimum atomic E-state index is -2.24. The first-order chi connectivity index (χ1) is 17.0. The molecule has 0 radical (unpaired) electrons. The molecule has 3 atom stereocenters. The Hall–Kier alpha value is -1.94.